The average Bonchev–Trinajstić information content (AvgIpc) is 2.64. The van der Waals surface area contributed by atoms with E-state index in [0.29, 0.717) is 6.42 Å². The van der Waals surface area contributed by atoms with E-state index in [1.54, 1.807) is 13.8 Å². The molecule has 1 heterocycles. The maximum Gasteiger partial charge on any atom is 0.433 e. The smallest absolute Gasteiger partial charge is 0.395 e. The first kappa shape index (κ1) is 13.2. The van der Waals surface area contributed by atoms with Crippen molar-refractivity contribution < 1.29 is 19.2 Å². The van der Waals surface area contributed by atoms with Crippen molar-refractivity contribution in [3.8, 4) is 0 Å². The van der Waals surface area contributed by atoms with Crippen molar-refractivity contribution in [1.82, 2.24) is 5.32 Å². The lowest BCUT2D eigenvalue weighted by atomic mass is 10.1. The molecular weight excluding hydrogens is 228 g/mol. The highest BCUT2D eigenvalue weighted by Gasteiger charge is 2.18. The Bertz CT molecular complexity index is 413. The molecule has 17 heavy (non-hydrogen) atoms. The third-order valence-electron chi connectivity index (χ3n) is 2.07. The standard InChI is InChI=1S/C10H14N2O5/c1-6(5-7(2)13)11-10(14)8-3-4-9(17-8)12(15)16/h3-4,6-7,13H,5H2,1-2H3,(H,11,14). The molecule has 94 valence electrons. The maximum absolute atomic E-state index is 11.6. The molecule has 7 nitrogen and oxygen atoms in total. The van der Waals surface area contributed by atoms with E-state index in [1.807, 2.05) is 0 Å². The van der Waals surface area contributed by atoms with E-state index in [9.17, 15) is 14.9 Å². The molecule has 0 radical (unpaired) electrons. The predicted octanol–water partition coefficient (Wildman–Crippen LogP) is 1.08. The second-order valence-electron chi connectivity index (χ2n) is 3.85. The summed E-state index contributed by atoms with van der Waals surface area (Å²) in [5, 5.41) is 22.0. The summed E-state index contributed by atoms with van der Waals surface area (Å²) in [4.78, 5) is 21.2. The van der Waals surface area contributed by atoms with Gasteiger partial charge in [-0.3, -0.25) is 14.9 Å². The molecule has 0 aliphatic rings. The van der Waals surface area contributed by atoms with Gasteiger partial charge in [0.2, 0.25) is 0 Å². The van der Waals surface area contributed by atoms with Gasteiger partial charge in [-0.25, -0.2) is 0 Å². The summed E-state index contributed by atoms with van der Waals surface area (Å²) >= 11 is 0. The van der Waals surface area contributed by atoms with Gasteiger partial charge >= 0.3 is 5.88 Å². The van der Waals surface area contributed by atoms with Gasteiger partial charge in [0.1, 0.15) is 4.92 Å². The van der Waals surface area contributed by atoms with Gasteiger partial charge in [0, 0.05) is 6.04 Å². The first-order valence-electron chi connectivity index (χ1n) is 5.13. The number of amides is 1. The number of nitrogens with zero attached hydrogens (tertiary/aromatic N) is 1. The molecule has 2 N–H and O–H groups in total. The minimum absolute atomic E-state index is 0.117. The summed E-state index contributed by atoms with van der Waals surface area (Å²) in [5.74, 6) is -1.13. The minimum atomic E-state index is -0.712. The number of nitrogens with one attached hydrogen (secondary N) is 1. The molecule has 1 rings (SSSR count). The van der Waals surface area contributed by atoms with Crippen LogP contribution in [0.25, 0.3) is 0 Å². The number of carbonyl (C=O) groups is 1. The summed E-state index contributed by atoms with van der Waals surface area (Å²) in [7, 11) is 0. The second-order valence-corrected chi connectivity index (χ2v) is 3.85. The molecule has 1 aromatic rings. The van der Waals surface area contributed by atoms with E-state index >= 15 is 0 Å². The highest BCUT2D eigenvalue weighted by Crippen LogP contribution is 2.15. The highest BCUT2D eigenvalue weighted by molar-refractivity contribution is 5.91. The molecular formula is C10H14N2O5. The molecule has 2 unspecified atom stereocenters. The van der Waals surface area contributed by atoms with E-state index in [4.69, 9.17) is 9.52 Å². The molecule has 0 spiro atoms. The number of nitro groups is 1. The number of hydrogen-bond donors (Lipinski definition) is 2. The lowest BCUT2D eigenvalue weighted by Gasteiger charge is -2.14. The lowest BCUT2D eigenvalue weighted by molar-refractivity contribution is -0.402. The van der Waals surface area contributed by atoms with Gasteiger partial charge in [0.25, 0.3) is 5.91 Å². The predicted molar refractivity (Wildman–Crippen MR) is 58.6 cm³/mol. The van der Waals surface area contributed by atoms with Crippen molar-refractivity contribution in [3.05, 3.63) is 28.0 Å². The zero-order valence-corrected chi connectivity index (χ0v) is 9.54. The zero-order valence-electron chi connectivity index (χ0n) is 9.54. The molecule has 0 aliphatic heterocycles. The van der Waals surface area contributed by atoms with Crippen LogP contribution in [0.5, 0.6) is 0 Å². The Labute approximate surface area is 97.6 Å². The van der Waals surface area contributed by atoms with Crippen LogP contribution >= 0.6 is 0 Å². The van der Waals surface area contributed by atoms with Crippen LogP contribution in [0.15, 0.2) is 16.5 Å². The molecule has 0 aromatic carbocycles. The molecule has 1 aromatic heterocycles. The number of aliphatic hydroxyl groups is 1. The van der Waals surface area contributed by atoms with Crippen LogP contribution in [0.3, 0.4) is 0 Å². The quantitative estimate of drug-likeness (QED) is 0.593. The van der Waals surface area contributed by atoms with Gasteiger partial charge in [-0.1, -0.05) is 0 Å². The lowest BCUT2D eigenvalue weighted by Crippen LogP contribution is -2.34. The molecule has 0 saturated heterocycles. The fourth-order valence-corrected chi connectivity index (χ4v) is 1.41. The normalized spacial score (nSPS) is 14.1. The van der Waals surface area contributed by atoms with E-state index < -0.39 is 22.8 Å². The molecule has 0 saturated carbocycles. The summed E-state index contributed by atoms with van der Waals surface area (Å²) < 4.78 is 4.74. The van der Waals surface area contributed by atoms with E-state index in [0.717, 1.165) is 6.07 Å². The summed E-state index contributed by atoms with van der Waals surface area (Å²) in [6, 6.07) is 2.11. The molecule has 7 heteroatoms. The third-order valence-corrected chi connectivity index (χ3v) is 2.07. The highest BCUT2D eigenvalue weighted by atomic mass is 16.6. The zero-order chi connectivity index (χ0) is 13.0. The number of rotatable bonds is 5. The van der Waals surface area contributed by atoms with Gasteiger partial charge in [0.05, 0.1) is 12.2 Å². The van der Waals surface area contributed by atoms with E-state index in [1.165, 1.54) is 6.07 Å². The van der Waals surface area contributed by atoms with Crippen LogP contribution in [0.2, 0.25) is 0 Å². The van der Waals surface area contributed by atoms with Gasteiger partial charge in [-0.05, 0) is 26.3 Å². The van der Waals surface area contributed by atoms with Gasteiger partial charge in [-0.15, -0.1) is 0 Å². The van der Waals surface area contributed by atoms with Crippen LogP contribution in [-0.4, -0.2) is 28.1 Å². The van der Waals surface area contributed by atoms with Crippen molar-refractivity contribution in [1.29, 1.82) is 0 Å². The second kappa shape index (κ2) is 5.44. The summed E-state index contributed by atoms with van der Waals surface area (Å²) in [6.45, 7) is 3.34. The van der Waals surface area contributed by atoms with Gasteiger partial charge < -0.3 is 14.8 Å². The van der Waals surface area contributed by atoms with Crippen LogP contribution in [-0.2, 0) is 0 Å². The average molecular weight is 242 g/mol. The fourth-order valence-electron chi connectivity index (χ4n) is 1.41. The van der Waals surface area contributed by atoms with Crippen LogP contribution in [0.1, 0.15) is 30.8 Å². The Balaban J connectivity index is 2.60. The van der Waals surface area contributed by atoms with Crippen molar-refractivity contribution in [2.75, 3.05) is 0 Å². The van der Waals surface area contributed by atoms with Gasteiger partial charge in [0.15, 0.2) is 5.76 Å². The number of carbonyl (C=O) groups excluding carboxylic acids is 1. The molecule has 0 bridgehead atoms. The van der Waals surface area contributed by atoms with Crippen LogP contribution in [0, 0.1) is 10.1 Å². The van der Waals surface area contributed by atoms with Crippen LogP contribution < -0.4 is 5.32 Å². The summed E-state index contributed by atoms with van der Waals surface area (Å²) in [6.07, 6.45) is -0.134. The number of furan rings is 1. The van der Waals surface area contributed by atoms with Gasteiger partial charge in [-0.2, -0.15) is 0 Å². The van der Waals surface area contributed by atoms with Crippen molar-refractivity contribution in [2.45, 2.75) is 32.4 Å². The van der Waals surface area contributed by atoms with E-state index in [2.05, 4.69) is 5.32 Å². The Morgan fingerprint density at radius 2 is 2.24 bits per heavy atom. The SMILES string of the molecule is CC(O)CC(C)NC(=O)c1ccc([N+](=O)[O-])o1. The maximum atomic E-state index is 11.6. The van der Waals surface area contributed by atoms with Crippen LogP contribution in [0.4, 0.5) is 5.88 Å². The third kappa shape index (κ3) is 3.87. The topological polar surface area (TPSA) is 106 Å². The fraction of sp³-hybridized carbons (Fsp3) is 0.500. The van der Waals surface area contributed by atoms with Crippen molar-refractivity contribution in [2.24, 2.45) is 0 Å². The number of aliphatic hydroxyl groups excluding tert-OH is 1. The Morgan fingerprint density at radius 3 is 2.71 bits per heavy atom. The van der Waals surface area contributed by atoms with E-state index in [-0.39, 0.29) is 11.8 Å². The molecule has 0 fully saturated rings. The molecule has 2 atom stereocenters. The van der Waals surface area contributed by atoms with Crippen molar-refractivity contribution in [3.63, 3.8) is 0 Å². The Morgan fingerprint density at radius 1 is 1.59 bits per heavy atom. The Kier molecular flexibility index (Phi) is 4.22. The number of hydrogen-bond acceptors (Lipinski definition) is 5. The first-order chi connectivity index (χ1) is 7.90. The largest absolute Gasteiger partial charge is 0.433 e. The Hall–Kier alpha value is -1.89. The molecule has 1 amide bonds. The summed E-state index contributed by atoms with van der Waals surface area (Å²) in [5.41, 5.74) is 0. The van der Waals surface area contributed by atoms with Crippen molar-refractivity contribution >= 4 is 11.8 Å². The minimum Gasteiger partial charge on any atom is -0.395 e. The monoisotopic (exact) mass is 242 g/mol. The molecule has 0 aliphatic carbocycles. The first-order valence-corrected chi connectivity index (χ1v) is 5.13.